The van der Waals surface area contributed by atoms with Crippen LogP contribution in [0.25, 0.3) is 0 Å². The first-order valence-corrected chi connectivity index (χ1v) is 9.22. The zero-order chi connectivity index (χ0) is 18.5. The van der Waals surface area contributed by atoms with Crippen molar-refractivity contribution in [3.05, 3.63) is 25.3 Å². The maximum absolute atomic E-state index is 11.4. The smallest absolute Gasteiger partial charge is 0.331 e. The molecule has 0 aliphatic carbocycles. The predicted molar refractivity (Wildman–Crippen MR) is 99.8 cm³/mol. The van der Waals surface area contributed by atoms with E-state index in [1.165, 1.54) is 38.5 Å². The first-order valence-electron chi connectivity index (χ1n) is 9.22. The Kier molecular flexibility index (Phi) is 22.0. The van der Waals surface area contributed by atoms with E-state index in [9.17, 15) is 9.59 Å². The molecule has 0 N–H and O–H groups in total. The van der Waals surface area contributed by atoms with Gasteiger partial charge in [0, 0.05) is 12.2 Å². The van der Waals surface area contributed by atoms with Crippen LogP contribution >= 0.6 is 0 Å². The lowest BCUT2D eigenvalue weighted by Gasteiger charge is -2.02. The number of hydrogen-bond acceptors (Lipinski definition) is 4. The van der Waals surface area contributed by atoms with E-state index in [2.05, 4.69) is 27.0 Å². The Hall–Kier alpha value is -1.58. The molecule has 0 bridgehead atoms. The van der Waals surface area contributed by atoms with Crippen LogP contribution in [0, 0.1) is 0 Å². The fourth-order valence-corrected chi connectivity index (χ4v) is 1.99. The summed E-state index contributed by atoms with van der Waals surface area (Å²) in [4.78, 5) is 22.7. The third-order valence-electron chi connectivity index (χ3n) is 3.34. The predicted octanol–water partition coefficient (Wildman–Crippen LogP) is 5.37. The van der Waals surface area contributed by atoms with Crippen LogP contribution in [0.1, 0.15) is 78.1 Å². The molecular formula is C20H36O4. The minimum absolute atomic E-state index is 0.416. The molecule has 0 atom stereocenters. The second kappa shape index (κ2) is 21.4. The normalized spacial score (nSPS) is 10.1. The topological polar surface area (TPSA) is 52.6 Å². The minimum Gasteiger partial charge on any atom is -0.463 e. The standard InChI is InChI=1S/C18H32O4.C2H4/c1-3-5-7-9-11-15-21-17(19)13-14-18(20)22-16-12-10-8-6-4-2;1-2/h13-14H,3-12,15-16H2,1-2H3;1-2H2. The summed E-state index contributed by atoms with van der Waals surface area (Å²) >= 11 is 0. The van der Waals surface area contributed by atoms with Gasteiger partial charge in [-0.1, -0.05) is 65.2 Å². The summed E-state index contributed by atoms with van der Waals surface area (Å²) < 4.78 is 10.0. The molecule has 0 aromatic carbocycles. The number of carbonyl (C=O) groups is 2. The van der Waals surface area contributed by atoms with Crippen LogP contribution in [-0.4, -0.2) is 25.2 Å². The molecule has 0 amide bonds. The van der Waals surface area contributed by atoms with Crippen LogP contribution in [0.5, 0.6) is 0 Å². The lowest BCUT2D eigenvalue weighted by atomic mass is 10.2. The molecule has 0 aromatic heterocycles. The minimum atomic E-state index is -0.476. The number of rotatable bonds is 14. The summed E-state index contributed by atoms with van der Waals surface area (Å²) in [5.74, 6) is -0.953. The lowest BCUT2D eigenvalue weighted by molar-refractivity contribution is -0.140. The highest BCUT2D eigenvalue weighted by molar-refractivity contribution is 5.91. The lowest BCUT2D eigenvalue weighted by Crippen LogP contribution is -2.06. The zero-order valence-corrected chi connectivity index (χ0v) is 15.7. The van der Waals surface area contributed by atoms with Gasteiger partial charge in [0.25, 0.3) is 0 Å². The highest BCUT2D eigenvalue weighted by Gasteiger charge is 2.01. The molecule has 0 saturated carbocycles. The van der Waals surface area contributed by atoms with E-state index in [0.717, 1.165) is 37.8 Å². The summed E-state index contributed by atoms with van der Waals surface area (Å²) in [7, 11) is 0. The van der Waals surface area contributed by atoms with Crippen LogP contribution in [0.4, 0.5) is 0 Å². The SMILES string of the molecule is C=C.CCCCCCCOC(=O)C=CC(=O)OCCCCCCC. The molecule has 0 aliphatic rings. The quantitative estimate of drug-likeness (QED) is 0.184. The third kappa shape index (κ3) is 20.4. The Bertz CT molecular complexity index is 294. The van der Waals surface area contributed by atoms with E-state index in [0.29, 0.717) is 13.2 Å². The van der Waals surface area contributed by atoms with Crippen molar-refractivity contribution < 1.29 is 19.1 Å². The Morgan fingerprint density at radius 2 is 1.00 bits per heavy atom. The van der Waals surface area contributed by atoms with Crippen LogP contribution in [0.2, 0.25) is 0 Å². The van der Waals surface area contributed by atoms with Crippen molar-refractivity contribution in [3.8, 4) is 0 Å². The fourth-order valence-electron chi connectivity index (χ4n) is 1.99. The second-order valence-electron chi connectivity index (χ2n) is 5.50. The summed E-state index contributed by atoms with van der Waals surface area (Å²) in [5.41, 5.74) is 0. The van der Waals surface area contributed by atoms with Crippen molar-refractivity contribution in [3.63, 3.8) is 0 Å². The van der Waals surface area contributed by atoms with E-state index in [1.54, 1.807) is 0 Å². The van der Waals surface area contributed by atoms with Crippen molar-refractivity contribution in [1.82, 2.24) is 0 Å². The van der Waals surface area contributed by atoms with Crippen LogP contribution in [0.3, 0.4) is 0 Å². The second-order valence-corrected chi connectivity index (χ2v) is 5.50. The van der Waals surface area contributed by atoms with Gasteiger partial charge in [-0.3, -0.25) is 0 Å². The van der Waals surface area contributed by atoms with Crippen molar-refractivity contribution in [2.45, 2.75) is 78.1 Å². The van der Waals surface area contributed by atoms with Gasteiger partial charge >= 0.3 is 11.9 Å². The van der Waals surface area contributed by atoms with Gasteiger partial charge in [-0.15, -0.1) is 13.2 Å². The molecule has 0 aliphatic heterocycles. The third-order valence-corrected chi connectivity index (χ3v) is 3.34. The van der Waals surface area contributed by atoms with Gasteiger partial charge in [0.05, 0.1) is 13.2 Å². The van der Waals surface area contributed by atoms with E-state index in [-0.39, 0.29) is 0 Å². The number of ether oxygens (including phenoxy) is 2. The molecule has 140 valence electrons. The Labute approximate surface area is 148 Å². The van der Waals surface area contributed by atoms with Crippen LogP contribution < -0.4 is 0 Å². The van der Waals surface area contributed by atoms with Crippen molar-refractivity contribution >= 4 is 11.9 Å². The molecule has 0 rings (SSSR count). The summed E-state index contributed by atoms with van der Waals surface area (Å²) in [6.07, 6.45) is 13.4. The van der Waals surface area contributed by atoms with Crippen molar-refractivity contribution in [2.75, 3.05) is 13.2 Å². The maximum atomic E-state index is 11.4. The van der Waals surface area contributed by atoms with Crippen molar-refractivity contribution in [2.24, 2.45) is 0 Å². The molecular weight excluding hydrogens is 304 g/mol. The van der Waals surface area contributed by atoms with Gasteiger partial charge in [-0.05, 0) is 12.8 Å². The Morgan fingerprint density at radius 3 is 1.33 bits per heavy atom. The number of hydrogen-bond donors (Lipinski definition) is 0. The summed E-state index contributed by atoms with van der Waals surface area (Å²) in [6, 6.07) is 0. The average Bonchev–Trinajstić information content (AvgIpc) is 2.61. The Morgan fingerprint density at radius 1 is 0.667 bits per heavy atom. The summed E-state index contributed by atoms with van der Waals surface area (Å²) in [6.45, 7) is 11.2. The van der Waals surface area contributed by atoms with Gasteiger partial charge in [0.2, 0.25) is 0 Å². The molecule has 0 saturated heterocycles. The monoisotopic (exact) mass is 340 g/mol. The first-order chi connectivity index (χ1) is 11.7. The molecule has 4 nitrogen and oxygen atoms in total. The zero-order valence-electron chi connectivity index (χ0n) is 15.7. The van der Waals surface area contributed by atoms with Gasteiger partial charge in [-0.25, -0.2) is 9.59 Å². The van der Waals surface area contributed by atoms with Gasteiger partial charge in [0.1, 0.15) is 0 Å². The molecule has 24 heavy (non-hydrogen) atoms. The van der Waals surface area contributed by atoms with Gasteiger partial charge in [-0.2, -0.15) is 0 Å². The molecule has 0 radical (unpaired) electrons. The molecule has 4 heteroatoms. The molecule has 0 spiro atoms. The van der Waals surface area contributed by atoms with Crippen molar-refractivity contribution in [1.29, 1.82) is 0 Å². The summed E-state index contributed by atoms with van der Waals surface area (Å²) in [5, 5.41) is 0. The number of unbranched alkanes of at least 4 members (excludes halogenated alkanes) is 8. The molecule has 0 aromatic rings. The fraction of sp³-hybridized carbons (Fsp3) is 0.700. The van der Waals surface area contributed by atoms with E-state index < -0.39 is 11.9 Å². The average molecular weight is 341 g/mol. The van der Waals surface area contributed by atoms with Gasteiger partial charge < -0.3 is 9.47 Å². The highest BCUT2D eigenvalue weighted by Crippen LogP contribution is 2.03. The van der Waals surface area contributed by atoms with E-state index in [1.807, 2.05) is 0 Å². The van der Waals surface area contributed by atoms with Crippen LogP contribution in [-0.2, 0) is 19.1 Å². The molecule has 0 fully saturated rings. The Balaban J connectivity index is 0. The largest absolute Gasteiger partial charge is 0.463 e. The first kappa shape index (κ1) is 24.7. The number of esters is 2. The maximum Gasteiger partial charge on any atom is 0.331 e. The number of carbonyl (C=O) groups excluding carboxylic acids is 2. The highest BCUT2D eigenvalue weighted by atomic mass is 16.5. The van der Waals surface area contributed by atoms with Crippen LogP contribution in [0.15, 0.2) is 25.3 Å². The molecule has 0 unspecified atom stereocenters. The van der Waals surface area contributed by atoms with E-state index >= 15 is 0 Å². The van der Waals surface area contributed by atoms with Gasteiger partial charge in [0.15, 0.2) is 0 Å². The van der Waals surface area contributed by atoms with E-state index in [4.69, 9.17) is 9.47 Å². The molecule has 0 heterocycles.